The topological polar surface area (TPSA) is 82.8 Å². The molecule has 0 N–H and O–H groups in total. The number of ether oxygens (including phenoxy) is 2. The Bertz CT molecular complexity index is 1240. The Labute approximate surface area is 203 Å². The van der Waals surface area contributed by atoms with Gasteiger partial charge in [0.15, 0.2) is 11.9 Å². The van der Waals surface area contributed by atoms with Crippen LogP contribution >= 0.6 is 39.1 Å². The van der Waals surface area contributed by atoms with Crippen molar-refractivity contribution in [1.82, 2.24) is 9.66 Å². The standard InChI is InChI=1S/C22H20BrCl2N3O4/c1-4-5-19-27-18-7-6-14(23)10-15(18)21(29)28(19)26-11-13-8-16(24)20(17(25)9-13)32-12(2)22(30)31-3/h6-12H,4-5H2,1-3H3/t12-/m0/s1. The van der Waals surface area contributed by atoms with E-state index in [0.29, 0.717) is 28.7 Å². The first kappa shape index (κ1) is 24.2. The summed E-state index contributed by atoms with van der Waals surface area (Å²) in [7, 11) is 1.26. The van der Waals surface area contributed by atoms with E-state index in [0.717, 1.165) is 10.9 Å². The molecule has 2 aromatic carbocycles. The summed E-state index contributed by atoms with van der Waals surface area (Å²) in [6.07, 6.45) is 1.97. The second-order valence-corrected chi connectivity index (χ2v) is 8.63. The Morgan fingerprint density at radius 1 is 1.28 bits per heavy atom. The van der Waals surface area contributed by atoms with Crippen LogP contribution < -0.4 is 10.3 Å². The zero-order chi connectivity index (χ0) is 23.4. The smallest absolute Gasteiger partial charge is 0.346 e. The van der Waals surface area contributed by atoms with Gasteiger partial charge in [-0.05, 0) is 49.2 Å². The molecule has 1 aromatic heterocycles. The molecule has 3 rings (SSSR count). The van der Waals surface area contributed by atoms with Crippen molar-refractivity contribution in [1.29, 1.82) is 0 Å². The summed E-state index contributed by atoms with van der Waals surface area (Å²) in [5, 5.41) is 5.19. The average Bonchev–Trinajstić information content (AvgIpc) is 2.76. The fourth-order valence-electron chi connectivity index (χ4n) is 2.98. The first-order chi connectivity index (χ1) is 15.2. The average molecular weight is 541 g/mol. The number of hydrogen-bond acceptors (Lipinski definition) is 6. The van der Waals surface area contributed by atoms with Crippen LogP contribution in [0, 0.1) is 0 Å². The van der Waals surface area contributed by atoms with Crippen molar-refractivity contribution in [2.45, 2.75) is 32.8 Å². The number of carbonyl (C=O) groups excluding carboxylic acids is 1. The molecule has 0 saturated carbocycles. The van der Waals surface area contributed by atoms with E-state index in [1.54, 1.807) is 24.3 Å². The zero-order valence-corrected chi connectivity index (χ0v) is 20.7. The molecule has 0 radical (unpaired) electrons. The van der Waals surface area contributed by atoms with Crippen LogP contribution in [0.25, 0.3) is 10.9 Å². The van der Waals surface area contributed by atoms with Crippen LogP contribution in [-0.2, 0) is 16.0 Å². The fourth-order valence-corrected chi connectivity index (χ4v) is 3.94. The molecule has 0 fully saturated rings. The van der Waals surface area contributed by atoms with E-state index in [1.165, 1.54) is 24.9 Å². The molecule has 3 aromatic rings. The number of esters is 1. The molecule has 0 bridgehead atoms. The van der Waals surface area contributed by atoms with Crippen LogP contribution in [-0.4, -0.2) is 35.1 Å². The van der Waals surface area contributed by atoms with Gasteiger partial charge in [-0.25, -0.2) is 9.78 Å². The summed E-state index contributed by atoms with van der Waals surface area (Å²) >= 11 is 16.0. The maximum Gasteiger partial charge on any atom is 0.346 e. The molecule has 1 atom stereocenters. The highest BCUT2D eigenvalue weighted by atomic mass is 79.9. The molecule has 168 valence electrons. The monoisotopic (exact) mass is 539 g/mol. The Morgan fingerprint density at radius 3 is 2.59 bits per heavy atom. The number of nitrogens with zero attached hydrogens (tertiary/aromatic N) is 3. The van der Waals surface area contributed by atoms with Crippen LogP contribution in [0.2, 0.25) is 10.0 Å². The number of rotatable bonds is 7. The normalized spacial score (nSPS) is 12.3. The van der Waals surface area contributed by atoms with Crippen LogP contribution in [0.1, 0.15) is 31.7 Å². The van der Waals surface area contributed by atoms with Crippen LogP contribution in [0.4, 0.5) is 0 Å². The number of halogens is 3. The number of hydrogen-bond donors (Lipinski definition) is 0. The van der Waals surface area contributed by atoms with Gasteiger partial charge in [0.05, 0.1) is 34.3 Å². The van der Waals surface area contributed by atoms with Crippen molar-refractivity contribution in [3.05, 3.63) is 66.6 Å². The molecular weight excluding hydrogens is 521 g/mol. The third-order valence-electron chi connectivity index (χ3n) is 4.52. The van der Waals surface area contributed by atoms with Crippen molar-refractivity contribution in [2.24, 2.45) is 5.10 Å². The van der Waals surface area contributed by atoms with Gasteiger partial charge in [0, 0.05) is 10.9 Å². The van der Waals surface area contributed by atoms with E-state index < -0.39 is 12.1 Å². The lowest BCUT2D eigenvalue weighted by molar-refractivity contribution is -0.147. The SMILES string of the molecule is CCCc1nc2ccc(Br)cc2c(=O)n1N=Cc1cc(Cl)c(O[C@@H](C)C(=O)OC)c(Cl)c1. The second kappa shape index (κ2) is 10.5. The van der Waals surface area contributed by atoms with E-state index in [1.807, 2.05) is 13.0 Å². The number of fused-ring (bicyclic) bond motifs is 1. The summed E-state index contributed by atoms with van der Waals surface area (Å²) in [5.41, 5.74) is 0.877. The van der Waals surface area contributed by atoms with E-state index in [2.05, 4.69) is 30.8 Å². The number of aromatic nitrogens is 2. The lowest BCUT2D eigenvalue weighted by atomic mass is 10.2. The minimum atomic E-state index is -0.882. The maximum atomic E-state index is 13.1. The van der Waals surface area contributed by atoms with Gasteiger partial charge in [-0.3, -0.25) is 4.79 Å². The molecular formula is C22H20BrCl2N3O4. The molecule has 0 aliphatic heterocycles. The van der Waals surface area contributed by atoms with Gasteiger partial charge in [0.2, 0.25) is 0 Å². The highest BCUT2D eigenvalue weighted by Gasteiger charge is 2.19. The Kier molecular flexibility index (Phi) is 7.92. The van der Waals surface area contributed by atoms with Crippen molar-refractivity contribution < 1.29 is 14.3 Å². The van der Waals surface area contributed by atoms with Crippen LogP contribution in [0.5, 0.6) is 5.75 Å². The molecule has 0 aliphatic rings. The van der Waals surface area contributed by atoms with Crippen molar-refractivity contribution in [3.8, 4) is 5.75 Å². The zero-order valence-electron chi connectivity index (χ0n) is 17.6. The third-order valence-corrected chi connectivity index (χ3v) is 5.57. The van der Waals surface area contributed by atoms with Gasteiger partial charge in [-0.15, -0.1) is 0 Å². The van der Waals surface area contributed by atoms with Crippen LogP contribution in [0.15, 0.2) is 44.7 Å². The Hall–Kier alpha value is -2.42. The molecule has 1 heterocycles. The summed E-state index contributed by atoms with van der Waals surface area (Å²) in [6.45, 7) is 3.53. The Morgan fingerprint density at radius 2 is 1.97 bits per heavy atom. The summed E-state index contributed by atoms with van der Waals surface area (Å²) in [4.78, 5) is 29.3. The Balaban J connectivity index is 2.00. The molecule has 32 heavy (non-hydrogen) atoms. The highest BCUT2D eigenvalue weighted by molar-refractivity contribution is 9.10. The largest absolute Gasteiger partial charge is 0.476 e. The lowest BCUT2D eigenvalue weighted by Crippen LogP contribution is -2.25. The third kappa shape index (κ3) is 5.31. The van der Waals surface area contributed by atoms with Gasteiger partial charge in [0.1, 0.15) is 5.82 Å². The number of aryl methyl sites for hydroxylation is 1. The van der Waals surface area contributed by atoms with Crippen molar-refractivity contribution in [2.75, 3.05) is 7.11 Å². The van der Waals surface area contributed by atoms with Gasteiger partial charge in [-0.1, -0.05) is 46.1 Å². The van der Waals surface area contributed by atoms with E-state index in [4.69, 9.17) is 27.9 Å². The maximum absolute atomic E-state index is 13.1. The van der Waals surface area contributed by atoms with E-state index in [9.17, 15) is 9.59 Å². The predicted molar refractivity (Wildman–Crippen MR) is 129 cm³/mol. The fraction of sp³-hybridized carbons (Fsp3) is 0.273. The lowest BCUT2D eigenvalue weighted by Gasteiger charge is -2.15. The van der Waals surface area contributed by atoms with Gasteiger partial charge in [0.25, 0.3) is 5.56 Å². The number of methoxy groups -OCH3 is 1. The predicted octanol–water partition coefficient (Wildman–Crippen LogP) is 5.24. The summed E-state index contributed by atoms with van der Waals surface area (Å²) < 4.78 is 12.2. The van der Waals surface area contributed by atoms with Gasteiger partial charge in [-0.2, -0.15) is 9.78 Å². The number of benzene rings is 2. The molecule has 0 unspecified atom stereocenters. The quantitative estimate of drug-likeness (QED) is 0.302. The minimum Gasteiger partial charge on any atom is -0.476 e. The van der Waals surface area contributed by atoms with Crippen molar-refractivity contribution >= 4 is 62.2 Å². The number of carbonyl (C=O) groups is 1. The van der Waals surface area contributed by atoms with Crippen molar-refractivity contribution in [3.63, 3.8) is 0 Å². The van der Waals surface area contributed by atoms with Crippen LogP contribution in [0.3, 0.4) is 0 Å². The molecule has 0 spiro atoms. The second-order valence-electron chi connectivity index (χ2n) is 6.90. The van der Waals surface area contributed by atoms with E-state index >= 15 is 0 Å². The summed E-state index contributed by atoms with van der Waals surface area (Å²) in [6, 6.07) is 8.50. The van der Waals surface area contributed by atoms with E-state index in [-0.39, 0.29) is 21.4 Å². The molecule has 0 aliphatic carbocycles. The summed E-state index contributed by atoms with van der Waals surface area (Å²) in [5.74, 6) is 0.151. The first-order valence-corrected chi connectivity index (χ1v) is 11.3. The van der Waals surface area contributed by atoms with Gasteiger partial charge < -0.3 is 9.47 Å². The highest BCUT2D eigenvalue weighted by Crippen LogP contribution is 2.34. The van der Waals surface area contributed by atoms with Gasteiger partial charge >= 0.3 is 5.97 Å². The molecule has 7 nitrogen and oxygen atoms in total. The minimum absolute atomic E-state index is 0.157. The molecule has 10 heteroatoms. The first-order valence-electron chi connectivity index (χ1n) is 9.74. The molecule has 0 amide bonds. The molecule has 0 saturated heterocycles.